The third-order valence-electron chi connectivity index (χ3n) is 5.97. The summed E-state index contributed by atoms with van der Waals surface area (Å²) in [4.78, 5) is 28.2. The van der Waals surface area contributed by atoms with E-state index < -0.39 is 0 Å². The Labute approximate surface area is 219 Å². The number of nitrogens with zero attached hydrogens (tertiary/aromatic N) is 3. The van der Waals surface area contributed by atoms with E-state index in [0.29, 0.717) is 57.3 Å². The van der Waals surface area contributed by atoms with Gasteiger partial charge in [0.25, 0.3) is 11.5 Å². The average Bonchev–Trinajstić information content (AvgIpc) is 3.44. The van der Waals surface area contributed by atoms with Crippen molar-refractivity contribution in [3.8, 4) is 17.6 Å². The molecule has 0 unspecified atom stereocenters. The summed E-state index contributed by atoms with van der Waals surface area (Å²) in [6.45, 7) is 8.79. The lowest BCUT2D eigenvalue weighted by atomic mass is 10.0. The van der Waals surface area contributed by atoms with Crippen LogP contribution in [0.15, 0.2) is 40.6 Å². The first kappa shape index (κ1) is 25.5. The van der Waals surface area contributed by atoms with Crippen molar-refractivity contribution in [3.05, 3.63) is 68.4 Å². The van der Waals surface area contributed by atoms with Gasteiger partial charge in [0.15, 0.2) is 11.5 Å². The number of ether oxygens (including phenoxy) is 2. The van der Waals surface area contributed by atoms with Crippen LogP contribution in [-0.2, 0) is 17.9 Å². The molecule has 0 atom stereocenters. The van der Waals surface area contributed by atoms with E-state index in [1.165, 1.54) is 16.7 Å². The van der Waals surface area contributed by atoms with Gasteiger partial charge in [0, 0.05) is 25.2 Å². The van der Waals surface area contributed by atoms with E-state index in [4.69, 9.17) is 21.7 Å². The topological polar surface area (TPSA) is 96.6 Å². The van der Waals surface area contributed by atoms with Gasteiger partial charge >= 0.3 is 0 Å². The van der Waals surface area contributed by atoms with Crippen molar-refractivity contribution < 1.29 is 14.3 Å². The van der Waals surface area contributed by atoms with Gasteiger partial charge in [-0.05, 0) is 42.7 Å². The van der Waals surface area contributed by atoms with E-state index in [2.05, 4.69) is 18.0 Å². The fraction of sp³-hybridized carbons (Fsp3) is 0.308. The molecule has 3 heterocycles. The number of aromatic nitrogens is 1. The molecular formula is C26H26N4O4S2. The van der Waals surface area contributed by atoms with Gasteiger partial charge in [-0.1, -0.05) is 49.5 Å². The van der Waals surface area contributed by atoms with Crippen LogP contribution in [-0.4, -0.2) is 33.0 Å². The Morgan fingerprint density at radius 2 is 2.08 bits per heavy atom. The Hall–Kier alpha value is -3.55. The smallest absolute Gasteiger partial charge is 0.270 e. The Morgan fingerprint density at radius 1 is 1.31 bits per heavy atom. The van der Waals surface area contributed by atoms with Gasteiger partial charge in [-0.2, -0.15) is 5.26 Å². The third-order valence-corrected chi connectivity index (χ3v) is 7.35. The number of carbonyl (C=O) groups is 1. The summed E-state index contributed by atoms with van der Waals surface area (Å²) in [6, 6.07) is 7.72. The van der Waals surface area contributed by atoms with Crippen LogP contribution < -0.4 is 20.3 Å². The molecule has 0 radical (unpaired) electrons. The maximum atomic E-state index is 13.3. The number of anilines is 1. The lowest BCUT2D eigenvalue weighted by molar-refractivity contribution is -0.121. The lowest BCUT2D eigenvalue weighted by Crippen LogP contribution is -2.29. The van der Waals surface area contributed by atoms with Crippen molar-refractivity contribution >= 4 is 46.1 Å². The molecule has 2 aliphatic rings. The van der Waals surface area contributed by atoms with Crippen LogP contribution in [0.1, 0.15) is 42.0 Å². The molecule has 1 amide bonds. The van der Waals surface area contributed by atoms with E-state index >= 15 is 0 Å². The van der Waals surface area contributed by atoms with Crippen LogP contribution in [0, 0.1) is 18.3 Å². The molecule has 0 spiro atoms. The molecule has 0 bridgehead atoms. The minimum absolute atomic E-state index is 0.0625. The van der Waals surface area contributed by atoms with Crippen molar-refractivity contribution in [1.82, 2.24) is 9.47 Å². The SMILES string of the molecule is C=CCN1C(=O)/C(=C\c2c(C)c(C#N)c(=O)n(CCCC)c2NCc2ccc3c(c2)OCO3)SC1=S. The quantitative estimate of drug-likeness (QED) is 0.291. The molecule has 10 heteroatoms. The van der Waals surface area contributed by atoms with E-state index in [9.17, 15) is 14.9 Å². The number of pyridine rings is 1. The van der Waals surface area contributed by atoms with Crippen molar-refractivity contribution in [1.29, 1.82) is 5.26 Å². The molecule has 0 aliphatic carbocycles. The van der Waals surface area contributed by atoms with Crippen molar-refractivity contribution in [2.24, 2.45) is 0 Å². The Morgan fingerprint density at radius 3 is 2.81 bits per heavy atom. The fourth-order valence-corrected chi connectivity index (χ4v) is 5.29. The molecule has 2 aromatic rings. The highest BCUT2D eigenvalue weighted by Crippen LogP contribution is 2.36. The number of nitriles is 1. The Balaban J connectivity index is 1.80. The first-order valence-corrected chi connectivity index (χ1v) is 12.8. The van der Waals surface area contributed by atoms with Gasteiger partial charge in [0.2, 0.25) is 6.79 Å². The summed E-state index contributed by atoms with van der Waals surface area (Å²) < 4.78 is 12.9. The van der Waals surface area contributed by atoms with Crippen LogP contribution in [0.4, 0.5) is 5.82 Å². The second-order valence-corrected chi connectivity index (χ2v) is 9.98. The van der Waals surface area contributed by atoms with Crippen LogP contribution in [0.25, 0.3) is 6.08 Å². The second kappa shape index (κ2) is 11.0. The zero-order chi connectivity index (χ0) is 25.8. The maximum absolute atomic E-state index is 13.3. The molecule has 8 nitrogen and oxygen atoms in total. The predicted molar refractivity (Wildman–Crippen MR) is 145 cm³/mol. The number of rotatable bonds is 9. The largest absolute Gasteiger partial charge is 0.454 e. The number of carbonyl (C=O) groups excluding carboxylic acids is 1. The Kier molecular flexibility index (Phi) is 7.82. The summed E-state index contributed by atoms with van der Waals surface area (Å²) in [7, 11) is 0. The number of unbranched alkanes of at least 4 members (excludes halogenated alkanes) is 1. The number of amides is 1. The number of hydrogen-bond acceptors (Lipinski definition) is 8. The third kappa shape index (κ3) is 4.90. The number of hydrogen-bond donors (Lipinski definition) is 1. The normalized spacial score (nSPS) is 15.5. The van der Waals surface area contributed by atoms with E-state index in [-0.39, 0.29) is 23.8 Å². The standard InChI is InChI=1S/C26H26N4O4S2/c1-4-6-10-29-23(28-14-17-7-8-20-21(11-17)34-15-33-20)18(16(3)19(13-27)24(29)31)12-22-25(32)30(9-5-2)26(35)36-22/h5,7-8,11-12,28H,2,4,6,9-10,14-15H2,1,3H3/b22-12+. The van der Waals surface area contributed by atoms with E-state index in [1.54, 1.807) is 23.6 Å². The number of thiocarbonyl (C=S) groups is 1. The van der Waals surface area contributed by atoms with Gasteiger partial charge in [-0.3, -0.25) is 19.1 Å². The zero-order valence-corrected chi connectivity index (χ0v) is 21.8. The first-order chi connectivity index (χ1) is 17.4. The Bertz CT molecular complexity index is 1370. The minimum atomic E-state index is -0.354. The summed E-state index contributed by atoms with van der Waals surface area (Å²) in [5.41, 5.74) is 1.76. The highest BCUT2D eigenvalue weighted by Gasteiger charge is 2.32. The van der Waals surface area contributed by atoms with Crippen LogP contribution in [0.3, 0.4) is 0 Å². The second-order valence-electron chi connectivity index (χ2n) is 8.31. The molecule has 4 rings (SSSR count). The summed E-state index contributed by atoms with van der Waals surface area (Å²) >= 11 is 6.58. The number of fused-ring (bicyclic) bond motifs is 1. The molecule has 1 aromatic carbocycles. The molecule has 1 saturated heterocycles. The van der Waals surface area contributed by atoms with Gasteiger partial charge in [-0.25, -0.2) is 0 Å². The monoisotopic (exact) mass is 522 g/mol. The van der Waals surface area contributed by atoms with Gasteiger partial charge < -0.3 is 14.8 Å². The molecular weight excluding hydrogens is 496 g/mol. The molecule has 0 saturated carbocycles. The van der Waals surface area contributed by atoms with Crippen molar-refractivity contribution in [3.63, 3.8) is 0 Å². The number of thioether (sulfide) groups is 1. The molecule has 1 N–H and O–H groups in total. The molecule has 36 heavy (non-hydrogen) atoms. The lowest BCUT2D eigenvalue weighted by Gasteiger charge is -2.20. The summed E-state index contributed by atoms with van der Waals surface area (Å²) in [5, 5.41) is 13.2. The molecule has 2 aliphatic heterocycles. The highest BCUT2D eigenvalue weighted by molar-refractivity contribution is 8.26. The predicted octanol–water partition coefficient (Wildman–Crippen LogP) is 4.56. The van der Waals surface area contributed by atoms with Gasteiger partial charge in [0.1, 0.15) is 21.8 Å². The molecule has 186 valence electrons. The average molecular weight is 523 g/mol. The van der Waals surface area contributed by atoms with Crippen molar-refractivity contribution in [2.45, 2.75) is 39.8 Å². The minimum Gasteiger partial charge on any atom is -0.454 e. The highest BCUT2D eigenvalue weighted by atomic mass is 32.2. The summed E-state index contributed by atoms with van der Waals surface area (Å²) in [5.74, 6) is 1.68. The maximum Gasteiger partial charge on any atom is 0.270 e. The van der Waals surface area contributed by atoms with Crippen LogP contribution in [0.5, 0.6) is 11.5 Å². The molecule has 1 fully saturated rings. The summed E-state index contributed by atoms with van der Waals surface area (Å²) in [6.07, 6.45) is 4.98. The van der Waals surface area contributed by atoms with Gasteiger partial charge in [-0.15, -0.1) is 6.58 Å². The van der Waals surface area contributed by atoms with Crippen LogP contribution in [0.2, 0.25) is 0 Å². The van der Waals surface area contributed by atoms with Crippen LogP contribution >= 0.6 is 24.0 Å². The number of benzene rings is 1. The number of nitrogens with one attached hydrogen (secondary N) is 1. The van der Waals surface area contributed by atoms with Gasteiger partial charge in [0.05, 0.1) is 4.91 Å². The molecule has 1 aromatic heterocycles. The first-order valence-electron chi connectivity index (χ1n) is 11.6. The van der Waals surface area contributed by atoms with Crippen molar-refractivity contribution in [2.75, 3.05) is 18.7 Å². The zero-order valence-electron chi connectivity index (χ0n) is 20.1. The van der Waals surface area contributed by atoms with E-state index in [1.807, 2.05) is 25.1 Å². The van der Waals surface area contributed by atoms with E-state index in [0.717, 1.165) is 18.4 Å². The fourth-order valence-electron chi connectivity index (χ4n) is 4.04.